The van der Waals surface area contributed by atoms with Crippen molar-refractivity contribution >= 4 is 62.9 Å². The number of piperidine rings is 1. The molecule has 0 radical (unpaired) electrons. The van der Waals surface area contributed by atoms with Crippen LogP contribution in [0.5, 0.6) is 11.5 Å². The van der Waals surface area contributed by atoms with Crippen molar-refractivity contribution in [2.75, 3.05) is 26.3 Å². The van der Waals surface area contributed by atoms with Crippen LogP contribution in [0.25, 0.3) is 32.8 Å². The van der Waals surface area contributed by atoms with Crippen LogP contribution in [-0.4, -0.2) is 91.7 Å². The molecule has 5 heterocycles. The largest absolute Gasteiger partial charge is 0.493 e. The minimum atomic E-state index is -0.789. The Morgan fingerprint density at radius 2 is 1.69 bits per heavy atom. The molecule has 4 amide bonds. The van der Waals surface area contributed by atoms with Gasteiger partial charge in [-0.05, 0) is 120 Å². The molecule has 3 aliphatic heterocycles. The van der Waals surface area contributed by atoms with Crippen molar-refractivity contribution in [3.8, 4) is 22.6 Å². The number of imide groups is 1. The molecular formula is C52H54ClFN6O8. The summed E-state index contributed by atoms with van der Waals surface area (Å²) in [5, 5.41) is 9.98. The number of likely N-dealkylation sites (tertiary alicyclic amines) is 1. The number of hydrogen-bond acceptors (Lipinski definition) is 9. The predicted octanol–water partition coefficient (Wildman–Crippen LogP) is 8.26. The summed E-state index contributed by atoms with van der Waals surface area (Å²) in [5.41, 5.74) is 5.64. The van der Waals surface area contributed by atoms with Gasteiger partial charge in [-0.2, -0.15) is 5.10 Å². The van der Waals surface area contributed by atoms with E-state index in [1.54, 1.807) is 29.2 Å². The van der Waals surface area contributed by atoms with Gasteiger partial charge in [0.15, 0.2) is 6.61 Å². The predicted molar refractivity (Wildman–Crippen MR) is 254 cm³/mol. The number of rotatable bonds is 14. The Kier molecular flexibility index (Phi) is 12.5. The number of carbonyl (C=O) groups is 5. The second-order valence-corrected chi connectivity index (χ2v) is 19.4. The van der Waals surface area contributed by atoms with E-state index >= 15 is 0 Å². The summed E-state index contributed by atoms with van der Waals surface area (Å²) in [7, 11) is 1.89. The van der Waals surface area contributed by atoms with Gasteiger partial charge in [-0.25, -0.2) is 9.18 Å². The number of halogens is 2. The normalized spacial score (nSPS) is 16.4. The van der Waals surface area contributed by atoms with Crippen LogP contribution < -0.4 is 14.8 Å². The number of amides is 4. The molecule has 2 saturated heterocycles. The first-order chi connectivity index (χ1) is 32.5. The summed E-state index contributed by atoms with van der Waals surface area (Å²) in [6, 6.07) is 18.3. The molecule has 2 fully saturated rings. The van der Waals surface area contributed by atoms with E-state index in [-0.39, 0.29) is 55.4 Å². The molecule has 4 aromatic carbocycles. The molecule has 0 aliphatic carbocycles. The number of ether oxygens (including phenoxy) is 3. The molecule has 68 heavy (non-hydrogen) atoms. The van der Waals surface area contributed by atoms with Crippen molar-refractivity contribution in [1.82, 2.24) is 29.5 Å². The lowest BCUT2D eigenvalue weighted by Crippen LogP contribution is -2.52. The van der Waals surface area contributed by atoms with E-state index in [1.165, 1.54) is 17.0 Å². The Balaban J connectivity index is 0.948. The molecule has 0 bridgehead atoms. The summed E-state index contributed by atoms with van der Waals surface area (Å²) in [6.45, 7) is 11.1. The van der Waals surface area contributed by atoms with Crippen molar-refractivity contribution in [1.29, 1.82) is 0 Å². The van der Waals surface area contributed by atoms with Gasteiger partial charge in [0.1, 0.15) is 34.7 Å². The van der Waals surface area contributed by atoms with E-state index in [0.29, 0.717) is 78.8 Å². The van der Waals surface area contributed by atoms with Gasteiger partial charge in [0.2, 0.25) is 11.8 Å². The molecule has 1 unspecified atom stereocenters. The molecule has 3 aliphatic rings. The van der Waals surface area contributed by atoms with Gasteiger partial charge in [-0.3, -0.25) is 29.2 Å². The van der Waals surface area contributed by atoms with Crippen LogP contribution in [0.4, 0.5) is 4.39 Å². The standard InChI is InChI=1S/C52H54ClFN6O8/c1-29-45(30(2)57(6)56-29)46-39(53)18-17-36-35(12-9-23-66-41-13-7-10-32-24-33(54)15-16-34(32)41)48(51(65)68-52(3,4)5)59(47(36)46)22-21-31-25-58(26-31)44(62)28-67-42-14-8-11-37-38(42)27-60(50(37)64)40-19-20-43(61)55-49(40)63/h7-8,10-11,13-18,24,31,40H,9,12,19-23,25-28H2,1-6H3,(H,55,61,63). The third kappa shape index (κ3) is 8.91. The summed E-state index contributed by atoms with van der Waals surface area (Å²) in [4.78, 5) is 69.0. The van der Waals surface area contributed by atoms with E-state index in [9.17, 15) is 28.4 Å². The van der Waals surface area contributed by atoms with Gasteiger partial charge in [0.05, 0.1) is 29.4 Å². The van der Waals surface area contributed by atoms with E-state index in [2.05, 4.69) is 9.88 Å². The first-order valence-electron chi connectivity index (χ1n) is 23.0. The zero-order valence-corrected chi connectivity index (χ0v) is 39.8. The van der Waals surface area contributed by atoms with Crippen LogP contribution in [0.1, 0.15) is 89.8 Å². The minimum Gasteiger partial charge on any atom is -0.493 e. The minimum absolute atomic E-state index is 0.110. The first-order valence-corrected chi connectivity index (χ1v) is 23.4. The summed E-state index contributed by atoms with van der Waals surface area (Å²) in [5.74, 6) is -1.01. The van der Waals surface area contributed by atoms with Gasteiger partial charge in [-0.1, -0.05) is 35.9 Å². The highest BCUT2D eigenvalue weighted by atomic mass is 35.5. The first kappa shape index (κ1) is 46.4. The molecule has 9 rings (SSSR count). The van der Waals surface area contributed by atoms with Crippen molar-refractivity contribution in [2.45, 2.75) is 91.5 Å². The van der Waals surface area contributed by atoms with E-state index < -0.39 is 23.5 Å². The number of aryl methyl sites for hydroxylation is 4. The van der Waals surface area contributed by atoms with Crippen LogP contribution in [0, 0.1) is 25.6 Å². The second kappa shape index (κ2) is 18.4. The topological polar surface area (TPSA) is 154 Å². The van der Waals surface area contributed by atoms with E-state index in [4.69, 9.17) is 30.9 Å². The Labute approximate surface area is 398 Å². The third-order valence-corrected chi connectivity index (χ3v) is 13.5. The molecule has 16 heteroatoms. The van der Waals surface area contributed by atoms with Crippen molar-refractivity contribution in [3.05, 3.63) is 111 Å². The molecule has 354 valence electrons. The number of benzene rings is 4. The quantitative estimate of drug-likeness (QED) is 0.0646. The van der Waals surface area contributed by atoms with Crippen LogP contribution in [0.3, 0.4) is 0 Å². The molecule has 2 aromatic heterocycles. The zero-order chi connectivity index (χ0) is 48.2. The Morgan fingerprint density at radius 1 is 0.941 bits per heavy atom. The fourth-order valence-electron chi connectivity index (χ4n) is 9.88. The SMILES string of the molecule is Cc1nn(C)c(C)c1-c1c(Cl)ccc2c(CCCOc3cccc4cc(F)ccc34)c(C(=O)OC(C)(C)C)n(CCC3CN(C(=O)COc4cccc5c4CN(C4CCC(=O)NC4=O)C5=O)C3)c12. The van der Waals surface area contributed by atoms with Gasteiger partial charge in [0, 0.05) is 71.8 Å². The average Bonchev–Trinajstić information content (AvgIpc) is 3.86. The number of fused-ring (bicyclic) bond motifs is 3. The smallest absolute Gasteiger partial charge is 0.355 e. The third-order valence-electron chi connectivity index (χ3n) is 13.2. The maximum atomic E-state index is 14.6. The fraction of sp³-hybridized carbons (Fsp3) is 0.385. The Hall–Kier alpha value is -6.74. The molecular weight excluding hydrogens is 891 g/mol. The van der Waals surface area contributed by atoms with E-state index in [0.717, 1.165) is 49.8 Å². The number of hydrogen-bond donors (Lipinski definition) is 1. The molecule has 1 N–H and O–H groups in total. The fourth-order valence-corrected chi connectivity index (χ4v) is 10.1. The van der Waals surface area contributed by atoms with Crippen LogP contribution in [0.15, 0.2) is 66.7 Å². The molecule has 14 nitrogen and oxygen atoms in total. The van der Waals surface area contributed by atoms with Crippen molar-refractivity contribution < 1.29 is 42.6 Å². The monoisotopic (exact) mass is 944 g/mol. The van der Waals surface area contributed by atoms with Gasteiger partial charge in [0.25, 0.3) is 11.8 Å². The highest BCUT2D eigenvalue weighted by Crippen LogP contribution is 2.43. The summed E-state index contributed by atoms with van der Waals surface area (Å²) >= 11 is 7.17. The van der Waals surface area contributed by atoms with Crippen LogP contribution in [-0.2, 0) is 45.7 Å². The van der Waals surface area contributed by atoms with Crippen LogP contribution in [0.2, 0.25) is 5.02 Å². The zero-order valence-electron chi connectivity index (χ0n) is 39.0. The average molecular weight is 945 g/mol. The molecule has 0 saturated carbocycles. The van der Waals surface area contributed by atoms with Gasteiger partial charge in [-0.15, -0.1) is 0 Å². The highest BCUT2D eigenvalue weighted by Gasteiger charge is 2.41. The van der Waals surface area contributed by atoms with Crippen molar-refractivity contribution in [2.24, 2.45) is 13.0 Å². The maximum Gasteiger partial charge on any atom is 0.355 e. The molecule has 0 spiro atoms. The highest BCUT2D eigenvalue weighted by molar-refractivity contribution is 6.35. The summed E-state index contributed by atoms with van der Waals surface area (Å²) < 4.78 is 36.4. The van der Waals surface area contributed by atoms with Crippen LogP contribution >= 0.6 is 11.6 Å². The van der Waals surface area contributed by atoms with Gasteiger partial charge >= 0.3 is 5.97 Å². The second-order valence-electron chi connectivity index (χ2n) is 19.0. The van der Waals surface area contributed by atoms with E-state index in [1.807, 2.05) is 76.7 Å². The van der Waals surface area contributed by atoms with Gasteiger partial charge < -0.3 is 28.6 Å². The lowest BCUT2D eigenvalue weighted by atomic mass is 9.96. The lowest BCUT2D eigenvalue weighted by Gasteiger charge is -2.39. The molecule has 1 atom stereocenters. The Morgan fingerprint density at radius 3 is 2.43 bits per heavy atom. The number of nitrogens with one attached hydrogen (secondary N) is 1. The maximum absolute atomic E-state index is 14.6. The van der Waals surface area contributed by atoms with Crippen molar-refractivity contribution in [3.63, 3.8) is 0 Å². The number of aromatic nitrogens is 3. The number of nitrogens with zero attached hydrogens (tertiary/aromatic N) is 5. The number of esters is 1. The Bertz CT molecular complexity index is 3040. The number of carbonyl (C=O) groups excluding carboxylic acids is 5. The summed E-state index contributed by atoms with van der Waals surface area (Å²) in [6.07, 6.45) is 2.05. The molecule has 6 aromatic rings. The lowest BCUT2D eigenvalue weighted by molar-refractivity contribution is -0.140.